The van der Waals surface area contributed by atoms with Crippen molar-refractivity contribution in [1.82, 2.24) is 0 Å². The van der Waals surface area contributed by atoms with Crippen LogP contribution in [0.1, 0.15) is 37.8 Å². The number of rotatable bonds is 4. The van der Waals surface area contributed by atoms with Gasteiger partial charge in [-0.25, -0.2) is 0 Å². The molecule has 1 atom stereocenters. The van der Waals surface area contributed by atoms with E-state index >= 15 is 0 Å². The topological polar surface area (TPSA) is 44.8 Å². The molecule has 0 aromatic heterocycles. The lowest BCUT2D eigenvalue weighted by molar-refractivity contribution is 0.352. The maximum Gasteiger partial charge on any atom is 0.647 e. The molecule has 4 nitrogen and oxygen atoms in total. The van der Waals surface area contributed by atoms with E-state index in [2.05, 4.69) is 13.8 Å². The lowest BCUT2D eigenvalue weighted by Crippen LogP contribution is -2.03. The van der Waals surface area contributed by atoms with E-state index in [1.54, 1.807) is 0 Å². The van der Waals surface area contributed by atoms with Gasteiger partial charge in [0.25, 0.3) is 0 Å². The van der Waals surface area contributed by atoms with Gasteiger partial charge in [-0.3, -0.25) is 0 Å². The van der Waals surface area contributed by atoms with E-state index in [1.165, 1.54) is 5.56 Å². The van der Waals surface area contributed by atoms with Crippen LogP contribution in [0, 0.1) is 0 Å². The molecule has 17 heavy (non-hydrogen) atoms. The van der Waals surface area contributed by atoms with Crippen LogP contribution in [0.25, 0.3) is 0 Å². The predicted molar refractivity (Wildman–Crippen MR) is 63.9 cm³/mol. The van der Waals surface area contributed by atoms with Gasteiger partial charge in [-0.2, -0.15) is 4.57 Å². The van der Waals surface area contributed by atoms with Crippen LogP contribution in [0.15, 0.2) is 6.07 Å². The Hall–Kier alpha value is -1.15. The van der Waals surface area contributed by atoms with Crippen LogP contribution < -0.4 is 13.6 Å². The zero-order valence-corrected chi connectivity index (χ0v) is 10.9. The van der Waals surface area contributed by atoms with Crippen molar-refractivity contribution in [3.05, 3.63) is 17.2 Å². The van der Waals surface area contributed by atoms with Gasteiger partial charge >= 0.3 is 7.82 Å². The highest BCUT2D eigenvalue weighted by molar-refractivity contribution is 7.50. The highest BCUT2D eigenvalue weighted by Gasteiger charge is 2.51. The molecule has 0 spiro atoms. The summed E-state index contributed by atoms with van der Waals surface area (Å²) >= 11 is 0. The number of fused-ring (bicyclic) bond motifs is 1. The Bertz CT molecular complexity index is 518. The number of aryl methyl sites for hydroxylation is 1. The summed E-state index contributed by atoms with van der Waals surface area (Å²) in [5.41, 5.74) is 2.36. The fourth-order valence-electron chi connectivity index (χ4n) is 2.37. The van der Waals surface area contributed by atoms with Gasteiger partial charge in [-0.05, 0) is 24.5 Å². The molecule has 5 heteroatoms. The second-order valence-corrected chi connectivity index (χ2v) is 5.83. The molecule has 0 radical (unpaired) electrons. The minimum Gasteiger partial charge on any atom is -0.382 e. The van der Waals surface area contributed by atoms with Crippen molar-refractivity contribution < 1.29 is 18.1 Å². The van der Waals surface area contributed by atoms with Crippen molar-refractivity contribution in [1.29, 1.82) is 0 Å². The third kappa shape index (κ3) is 1.54. The Kier molecular flexibility index (Phi) is 2.37. The van der Waals surface area contributed by atoms with Crippen LogP contribution in [0.4, 0.5) is 0 Å². The van der Waals surface area contributed by atoms with E-state index in [9.17, 15) is 4.57 Å². The van der Waals surface area contributed by atoms with Crippen molar-refractivity contribution in [2.45, 2.75) is 39.5 Å². The van der Waals surface area contributed by atoms with Crippen LogP contribution in [0.5, 0.6) is 17.2 Å². The first-order chi connectivity index (χ1) is 8.17. The minimum atomic E-state index is -3.34. The van der Waals surface area contributed by atoms with Gasteiger partial charge in [-0.15, -0.1) is 0 Å². The van der Waals surface area contributed by atoms with Crippen molar-refractivity contribution in [3.63, 3.8) is 0 Å². The average Bonchev–Trinajstić information content (AvgIpc) is 2.77. The van der Waals surface area contributed by atoms with Crippen molar-refractivity contribution in [2.75, 3.05) is 0 Å². The van der Waals surface area contributed by atoms with E-state index in [1.807, 2.05) is 6.07 Å². The molecular formula is C12H15O4P. The Balaban J connectivity index is 2.14. The number of benzene rings is 1. The Morgan fingerprint density at radius 3 is 2.41 bits per heavy atom. The number of hydrogen-bond acceptors (Lipinski definition) is 4. The van der Waals surface area contributed by atoms with Crippen LogP contribution in [0.3, 0.4) is 0 Å². The normalized spacial score (nSPS) is 23.2. The summed E-state index contributed by atoms with van der Waals surface area (Å²) in [6.07, 6.45) is 3.98. The first kappa shape index (κ1) is 11.0. The van der Waals surface area contributed by atoms with Crippen molar-refractivity contribution >= 4 is 7.82 Å². The Morgan fingerprint density at radius 1 is 1.06 bits per heavy atom. The zero-order valence-electron chi connectivity index (χ0n) is 9.99. The fraction of sp³-hybridized carbons (Fsp3) is 0.500. The Morgan fingerprint density at radius 2 is 1.76 bits per heavy atom. The third-order valence-electron chi connectivity index (χ3n) is 3.03. The van der Waals surface area contributed by atoms with Gasteiger partial charge in [0.2, 0.25) is 5.75 Å². The van der Waals surface area contributed by atoms with Crippen LogP contribution in [-0.4, -0.2) is 0 Å². The molecule has 0 amide bonds. The lowest BCUT2D eigenvalue weighted by Gasteiger charge is -2.16. The summed E-state index contributed by atoms with van der Waals surface area (Å²) in [5, 5.41) is 0. The molecule has 2 aliphatic heterocycles. The van der Waals surface area contributed by atoms with Gasteiger partial charge in [0, 0.05) is 5.56 Å². The maximum absolute atomic E-state index is 11.9. The van der Waals surface area contributed by atoms with E-state index < -0.39 is 7.82 Å². The molecule has 1 aromatic rings. The SMILES string of the molecule is CCCc1cc2c3c(c1CCC)OP(=O)(O2)O3. The van der Waals surface area contributed by atoms with E-state index in [0.29, 0.717) is 17.2 Å². The van der Waals surface area contributed by atoms with Crippen LogP contribution >= 0.6 is 7.82 Å². The molecule has 92 valence electrons. The quantitative estimate of drug-likeness (QED) is 0.765. The first-order valence-electron chi connectivity index (χ1n) is 6.04. The summed E-state index contributed by atoms with van der Waals surface area (Å²) in [5.74, 6) is 1.77. The largest absolute Gasteiger partial charge is 0.647 e. The monoisotopic (exact) mass is 254 g/mol. The molecule has 0 aliphatic carbocycles. The maximum atomic E-state index is 11.9. The minimum absolute atomic E-state index is 0.539. The number of hydrogen-bond donors (Lipinski definition) is 0. The average molecular weight is 254 g/mol. The smallest absolute Gasteiger partial charge is 0.382 e. The molecule has 2 aliphatic rings. The summed E-state index contributed by atoms with van der Waals surface area (Å²) in [7, 11) is -3.34. The van der Waals surface area contributed by atoms with Crippen LogP contribution in [-0.2, 0) is 17.4 Å². The number of phosphoric ester groups is 1. The summed E-state index contributed by atoms with van der Waals surface area (Å²) < 4.78 is 27.7. The summed E-state index contributed by atoms with van der Waals surface area (Å²) in [6.45, 7) is 4.26. The second-order valence-electron chi connectivity index (χ2n) is 4.39. The lowest BCUT2D eigenvalue weighted by atomic mass is 9.97. The molecule has 3 rings (SSSR count). The molecular weight excluding hydrogens is 239 g/mol. The van der Waals surface area contributed by atoms with Gasteiger partial charge in [-0.1, -0.05) is 26.7 Å². The van der Waals surface area contributed by atoms with Crippen LogP contribution in [0.2, 0.25) is 0 Å². The first-order valence-corrected chi connectivity index (χ1v) is 7.50. The molecule has 2 bridgehead atoms. The zero-order chi connectivity index (χ0) is 12.0. The van der Waals surface area contributed by atoms with Crippen molar-refractivity contribution in [2.24, 2.45) is 0 Å². The summed E-state index contributed by atoms with van der Waals surface area (Å²) in [4.78, 5) is 0. The second kappa shape index (κ2) is 3.67. The molecule has 0 fully saturated rings. The van der Waals surface area contributed by atoms with Gasteiger partial charge in [0.1, 0.15) is 0 Å². The summed E-state index contributed by atoms with van der Waals surface area (Å²) in [6, 6.07) is 1.95. The highest BCUT2D eigenvalue weighted by atomic mass is 31.2. The number of phosphoric acid groups is 1. The van der Waals surface area contributed by atoms with Gasteiger partial charge in [0.05, 0.1) is 0 Å². The Labute approximate surface area is 100 Å². The van der Waals surface area contributed by atoms with E-state index in [4.69, 9.17) is 13.6 Å². The predicted octanol–water partition coefficient (Wildman–Crippen LogP) is 3.86. The van der Waals surface area contributed by atoms with Gasteiger partial charge in [0.15, 0.2) is 11.5 Å². The molecule has 0 saturated carbocycles. The molecule has 2 heterocycles. The van der Waals surface area contributed by atoms with Gasteiger partial charge < -0.3 is 13.6 Å². The van der Waals surface area contributed by atoms with E-state index in [-0.39, 0.29) is 0 Å². The third-order valence-corrected chi connectivity index (χ3v) is 4.27. The van der Waals surface area contributed by atoms with Crippen molar-refractivity contribution in [3.8, 4) is 17.2 Å². The molecule has 0 N–H and O–H groups in total. The molecule has 0 saturated heterocycles. The molecule has 1 aromatic carbocycles. The fourth-order valence-corrected chi connectivity index (χ4v) is 3.67. The van der Waals surface area contributed by atoms with E-state index in [0.717, 1.165) is 31.2 Å². The highest BCUT2D eigenvalue weighted by Crippen LogP contribution is 2.70. The standard InChI is InChI=1S/C12H15O4P/c1-3-5-8-7-10-12-11(9(8)6-4-2)15-17(13,14-10)16-12/h7H,3-6H2,1-2H3. The molecule has 1 unspecified atom stereocenters.